The number of aromatic nitrogens is 1. The van der Waals surface area contributed by atoms with Crippen molar-refractivity contribution in [1.29, 1.82) is 0 Å². The Morgan fingerprint density at radius 2 is 1.39 bits per heavy atom. The van der Waals surface area contributed by atoms with E-state index >= 15 is 0 Å². The molecule has 0 bridgehead atoms. The standard InChI is InChI=1S/C19H21N3O7S2/c1-12-13(2)20-29-19(12)22-30(23,24)15-7-5-14(6-8-15)21-31(25,26)16-9-10-17(27-3)18(11-16)28-4/h5-11,21-22H,1-4H3. The van der Waals surface area contributed by atoms with Gasteiger partial charge < -0.3 is 14.0 Å². The molecule has 0 atom stereocenters. The van der Waals surface area contributed by atoms with Crippen LogP contribution in [0, 0.1) is 13.8 Å². The summed E-state index contributed by atoms with van der Waals surface area (Å²) in [4.78, 5) is -0.116. The molecular formula is C19H21N3O7S2. The highest BCUT2D eigenvalue weighted by atomic mass is 32.2. The first kappa shape index (κ1) is 22.4. The number of nitrogens with one attached hydrogen (secondary N) is 2. The second-order valence-electron chi connectivity index (χ2n) is 6.47. The Kier molecular flexibility index (Phi) is 6.13. The quantitative estimate of drug-likeness (QED) is 0.516. The highest BCUT2D eigenvalue weighted by Crippen LogP contribution is 2.30. The summed E-state index contributed by atoms with van der Waals surface area (Å²) in [6.07, 6.45) is 0. The van der Waals surface area contributed by atoms with Crippen molar-refractivity contribution in [2.45, 2.75) is 23.6 Å². The van der Waals surface area contributed by atoms with Crippen molar-refractivity contribution in [2.75, 3.05) is 23.7 Å². The van der Waals surface area contributed by atoms with E-state index < -0.39 is 20.0 Å². The van der Waals surface area contributed by atoms with E-state index in [0.29, 0.717) is 17.0 Å². The Labute approximate surface area is 180 Å². The second kappa shape index (κ2) is 8.47. The van der Waals surface area contributed by atoms with Crippen molar-refractivity contribution in [3.05, 3.63) is 53.7 Å². The number of rotatable bonds is 8. The van der Waals surface area contributed by atoms with Gasteiger partial charge in [-0.25, -0.2) is 21.6 Å². The van der Waals surface area contributed by atoms with Crippen molar-refractivity contribution in [2.24, 2.45) is 0 Å². The molecule has 0 aliphatic heterocycles. The molecule has 1 aromatic heterocycles. The first-order chi connectivity index (χ1) is 14.6. The van der Waals surface area contributed by atoms with Crippen LogP contribution in [0.25, 0.3) is 0 Å². The lowest BCUT2D eigenvalue weighted by molar-refractivity contribution is 0.354. The predicted octanol–water partition coefficient (Wildman–Crippen LogP) is 2.91. The van der Waals surface area contributed by atoms with E-state index in [1.54, 1.807) is 13.8 Å². The number of sulfonamides is 2. The van der Waals surface area contributed by atoms with Gasteiger partial charge in [0.2, 0.25) is 5.88 Å². The summed E-state index contributed by atoms with van der Waals surface area (Å²) in [7, 11) is -5.04. The Balaban J connectivity index is 1.80. The number of methoxy groups -OCH3 is 2. The van der Waals surface area contributed by atoms with Gasteiger partial charge in [-0.2, -0.15) is 0 Å². The average molecular weight is 468 g/mol. The van der Waals surface area contributed by atoms with Gasteiger partial charge in [-0.15, -0.1) is 0 Å². The minimum Gasteiger partial charge on any atom is -0.493 e. The Morgan fingerprint density at radius 3 is 1.94 bits per heavy atom. The SMILES string of the molecule is COc1ccc(S(=O)(=O)Nc2ccc(S(=O)(=O)Nc3onc(C)c3C)cc2)cc1OC. The van der Waals surface area contributed by atoms with Crippen LogP contribution < -0.4 is 18.9 Å². The highest BCUT2D eigenvalue weighted by Gasteiger charge is 2.21. The van der Waals surface area contributed by atoms with Gasteiger partial charge in [0, 0.05) is 17.3 Å². The molecule has 166 valence electrons. The Bertz CT molecular complexity index is 1300. The molecule has 0 fully saturated rings. The van der Waals surface area contributed by atoms with Crippen LogP contribution in [0.15, 0.2) is 56.8 Å². The maximum absolute atomic E-state index is 12.7. The normalized spacial score (nSPS) is 11.7. The van der Waals surface area contributed by atoms with Gasteiger partial charge in [0.25, 0.3) is 20.0 Å². The molecule has 0 aliphatic carbocycles. The number of hydrogen-bond donors (Lipinski definition) is 2. The molecule has 0 unspecified atom stereocenters. The summed E-state index contributed by atoms with van der Waals surface area (Å²) in [6.45, 7) is 3.37. The van der Waals surface area contributed by atoms with Gasteiger partial charge in [0.15, 0.2) is 11.5 Å². The number of hydrogen-bond acceptors (Lipinski definition) is 8. The zero-order chi connectivity index (χ0) is 22.8. The van der Waals surface area contributed by atoms with Crippen LogP contribution in [-0.4, -0.2) is 36.2 Å². The van der Waals surface area contributed by atoms with Crippen LogP contribution >= 0.6 is 0 Å². The van der Waals surface area contributed by atoms with Crippen molar-refractivity contribution < 1.29 is 30.8 Å². The van der Waals surface area contributed by atoms with Gasteiger partial charge in [-0.1, -0.05) is 5.16 Å². The maximum atomic E-state index is 12.7. The topological polar surface area (TPSA) is 137 Å². The molecule has 0 radical (unpaired) electrons. The molecule has 12 heteroatoms. The average Bonchev–Trinajstić information content (AvgIpc) is 3.05. The van der Waals surface area contributed by atoms with Crippen molar-refractivity contribution >= 4 is 31.6 Å². The summed E-state index contributed by atoms with van der Waals surface area (Å²) in [5.41, 5.74) is 1.32. The second-order valence-corrected chi connectivity index (χ2v) is 9.84. The summed E-state index contributed by atoms with van der Waals surface area (Å²) < 4.78 is 70.4. The molecule has 3 aromatic rings. The molecule has 0 saturated carbocycles. The Hall–Kier alpha value is -3.25. The zero-order valence-electron chi connectivity index (χ0n) is 17.2. The number of nitrogens with zero attached hydrogens (tertiary/aromatic N) is 1. The van der Waals surface area contributed by atoms with E-state index in [0.717, 1.165) is 0 Å². The fourth-order valence-corrected chi connectivity index (χ4v) is 4.71. The molecule has 31 heavy (non-hydrogen) atoms. The van der Waals surface area contributed by atoms with Crippen molar-refractivity contribution in [3.8, 4) is 11.5 Å². The lowest BCUT2D eigenvalue weighted by Gasteiger charge is -2.12. The minimum absolute atomic E-state index is 0.0238. The third kappa shape index (κ3) is 4.75. The molecule has 2 aromatic carbocycles. The van der Waals surface area contributed by atoms with Crippen LogP contribution in [0.5, 0.6) is 11.5 Å². The summed E-state index contributed by atoms with van der Waals surface area (Å²) >= 11 is 0. The van der Waals surface area contributed by atoms with E-state index in [4.69, 9.17) is 14.0 Å². The monoisotopic (exact) mass is 467 g/mol. The van der Waals surface area contributed by atoms with E-state index in [9.17, 15) is 16.8 Å². The minimum atomic E-state index is -3.94. The van der Waals surface area contributed by atoms with Crippen molar-refractivity contribution in [1.82, 2.24) is 5.16 Å². The first-order valence-corrected chi connectivity index (χ1v) is 11.8. The fraction of sp³-hybridized carbons (Fsp3) is 0.211. The summed E-state index contributed by atoms with van der Waals surface area (Å²) in [5.74, 6) is 0.673. The molecule has 10 nitrogen and oxygen atoms in total. The molecular weight excluding hydrogens is 446 g/mol. The smallest absolute Gasteiger partial charge is 0.264 e. The number of ether oxygens (including phenoxy) is 2. The largest absolute Gasteiger partial charge is 0.493 e. The van der Waals surface area contributed by atoms with E-state index in [1.165, 1.54) is 56.7 Å². The Morgan fingerprint density at radius 1 is 0.806 bits per heavy atom. The summed E-state index contributed by atoms with van der Waals surface area (Å²) in [5, 5.41) is 3.70. The van der Waals surface area contributed by atoms with Crippen LogP contribution in [0.4, 0.5) is 11.6 Å². The lowest BCUT2D eigenvalue weighted by Crippen LogP contribution is -2.15. The number of benzene rings is 2. The fourth-order valence-electron chi connectivity index (χ4n) is 2.59. The third-order valence-electron chi connectivity index (χ3n) is 4.47. The van der Waals surface area contributed by atoms with Gasteiger partial charge >= 0.3 is 0 Å². The van der Waals surface area contributed by atoms with Gasteiger partial charge in [0.05, 0.1) is 29.7 Å². The van der Waals surface area contributed by atoms with Crippen LogP contribution in [0.2, 0.25) is 0 Å². The zero-order valence-corrected chi connectivity index (χ0v) is 18.8. The summed E-state index contributed by atoms with van der Waals surface area (Å²) in [6, 6.07) is 9.39. The van der Waals surface area contributed by atoms with Gasteiger partial charge in [0.1, 0.15) is 0 Å². The number of anilines is 2. The molecule has 1 heterocycles. The predicted molar refractivity (Wildman–Crippen MR) is 114 cm³/mol. The maximum Gasteiger partial charge on any atom is 0.264 e. The number of aryl methyl sites for hydroxylation is 1. The van der Waals surface area contributed by atoms with Crippen LogP contribution in [0.3, 0.4) is 0 Å². The van der Waals surface area contributed by atoms with Crippen LogP contribution in [0.1, 0.15) is 11.3 Å². The molecule has 0 spiro atoms. The van der Waals surface area contributed by atoms with Crippen molar-refractivity contribution in [3.63, 3.8) is 0 Å². The van der Waals surface area contributed by atoms with Crippen LogP contribution in [-0.2, 0) is 20.0 Å². The van der Waals surface area contributed by atoms with E-state index in [-0.39, 0.29) is 27.1 Å². The highest BCUT2D eigenvalue weighted by molar-refractivity contribution is 7.93. The van der Waals surface area contributed by atoms with E-state index in [2.05, 4.69) is 14.6 Å². The molecule has 0 aliphatic rings. The lowest BCUT2D eigenvalue weighted by atomic mass is 10.3. The van der Waals surface area contributed by atoms with Gasteiger partial charge in [-0.05, 0) is 50.2 Å². The third-order valence-corrected chi connectivity index (χ3v) is 7.19. The first-order valence-electron chi connectivity index (χ1n) is 8.88. The van der Waals surface area contributed by atoms with E-state index in [1.807, 2.05) is 0 Å². The molecule has 2 N–H and O–H groups in total. The van der Waals surface area contributed by atoms with Gasteiger partial charge in [-0.3, -0.25) is 4.72 Å². The molecule has 3 rings (SSSR count). The molecule has 0 amide bonds. The molecule has 0 saturated heterocycles.